The summed E-state index contributed by atoms with van der Waals surface area (Å²) in [6.45, 7) is 6.56. The van der Waals surface area contributed by atoms with Gasteiger partial charge in [0.1, 0.15) is 0 Å². The van der Waals surface area contributed by atoms with Gasteiger partial charge in [0.25, 0.3) is 0 Å². The fourth-order valence-electron chi connectivity index (χ4n) is 5.39. The predicted molar refractivity (Wildman–Crippen MR) is 68.0 cm³/mol. The molecule has 0 amide bonds. The van der Waals surface area contributed by atoms with Gasteiger partial charge in [-0.05, 0) is 49.0 Å². The number of carboxylic acids is 1. The van der Waals surface area contributed by atoms with Crippen molar-refractivity contribution in [1.82, 2.24) is 0 Å². The van der Waals surface area contributed by atoms with Crippen molar-refractivity contribution in [3.63, 3.8) is 0 Å². The van der Waals surface area contributed by atoms with Crippen molar-refractivity contribution >= 4 is 5.97 Å². The van der Waals surface area contributed by atoms with Crippen LogP contribution in [0, 0.1) is 22.7 Å². The lowest BCUT2D eigenvalue weighted by atomic mass is 9.66. The molecule has 3 nitrogen and oxygen atoms in total. The molecule has 2 fully saturated rings. The van der Waals surface area contributed by atoms with Gasteiger partial charge in [0, 0.05) is 11.0 Å². The summed E-state index contributed by atoms with van der Waals surface area (Å²) in [4.78, 5) is 11.4. The van der Waals surface area contributed by atoms with Gasteiger partial charge >= 0.3 is 5.97 Å². The van der Waals surface area contributed by atoms with Gasteiger partial charge in [0.15, 0.2) is 0 Å². The first-order valence-electron chi connectivity index (χ1n) is 6.90. The summed E-state index contributed by atoms with van der Waals surface area (Å²) in [5.74, 6) is -0.381. The molecule has 3 rings (SSSR count). The number of rotatable bonds is 1. The molecule has 3 aliphatic rings. The normalized spacial score (nSPS) is 48.8. The molecule has 100 valence electrons. The molecule has 18 heavy (non-hydrogen) atoms. The molecule has 0 aliphatic heterocycles. The number of aliphatic carboxylic acids is 1. The summed E-state index contributed by atoms with van der Waals surface area (Å²) in [5.41, 5.74) is -0.543. The Morgan fingerprint density at radius 3 is 2.61 bits per heavy atom. The Morgan fingerprint density at radius 1 is 1.33 bits per heavy atom. The van der Waals surface area contributed by atoms with E-state index in [0.717, 1.165) is 19.3 Å². The van der Waals surface area contributed by atoms with Crippen molar-refractivity contribution in [3.8, 4) is 0 Å². The van der Waals surface area contributed by atoms with Crippen LogP contribution in [0.1, 0.15) is 46.5 Å². The van der Waals surface area contributed by atoms with E-state index in [1.807, 2.05) is 0 Å². The first kappa shape index (κ1) is 12.2. The topological polar surface area (TPSA) is 57.5 Å². The Hall–Kier alpha value is -0.830. The third kappa shape index (κ3) is 1.21. The third-order valence-electron chi connectivity index (χ3n) is 5.73. The Labute approximate surface area is 108 Å². The summed E-state index contributed by atoms with van der Waals surface area (Å²) >= 11 is 0. The van der Waals surface area contributed by atoms with Crippen molar-refractivity contribution in [1.29, 1.82) is 0 Å². The highest BCUT2D eigenvalue weighted by molar-refractivity contribution is 5.89. The van der Waals surface area contributed by atoms with Crippen LogP contribution in [0.5, 0.6) is 0 Å². The molecule has 0 radical (unpaired) electrons. The minimum absolute atomic E-state index is 0.0526. The molecular weight excluding hydrogens is 228 g/mol. The second kappa shape index (κ2) is 3.19. The molecule has 3 aliphatic carbocycles. The van der Waals surface area contributed by atoms with E-state index in [1.165, 1.54) is 0 Å². The quantitative estimate of drug-likeness (QED) is 0.752. The fourth-order valence-corrected chi connectivity index (χ4v) is 5.39. The maximum absolute atomic E-state index is 11.4. The van der Waals surface area contributed by atoms with Gasteiger partial charge in [-0.25, -0.2) is 4.79 Å². The fraction of sp³-hybridized carbons (Fsp3) is 0.800. The van der Waals surface area contributed by atoms with Crippen molar-refractivity contribution in [3.05, 3.63) is 11.6 Å². The highest BCUT2D eigenvalue weighted by Crippen LogP contribution is 2.71. The lowest BCUT2D eigenvalue weighted by Crippen LogP contribution is -2.44. The van der Waals surface area contributed by atoms with Crippen molar-refractivity contribution in [2.45, 2.75) is 52.1 Å². The lowest BCUT2D eigenvalue weighted by Gasteiger charge is -2.40. The number of aliphatic hydroxyl groups is 1. The maximum Gasteiger partial charge on any atom is 0.331 e. The molecule has 0 aromatic heterocycles. The van der Waals surface area contributed by atoms with Gasteiger partial charge in [-0.2, -0.15) is 0 Å². The van der Waals surface area contributed by atoms with E-state index in [2.05, 4.69) is 20.8 Å². The van der Waals surface area contributed by atoms with Gasteiger partial charge < -0.3 is 10.2 Å². The van der Waals surface area contributed by atoms with Crippen molar-refractivity contribution in [2.75, 3.05) is 0 Å². The van der Waals surface area contributed by atoms with Gasteiger partial charge in [0.2, 0.25) is 0 Å². The van der Waals surface area contributed by atoms with E-state index in [0.29, 0.717) is 17.9 Å². The molecule has 0 heterocycles. The third-order valence-corrected chi connectivity index (χ3v) is 5.73. The van der Waals surface area contributed by atoms with Crippen LogP contribution >= 0.6 is 0 Å². The Bertz CT molecular complexity index is 451. The first-order valence-corrected chi connectivity index (χ1v) is 6.90. The molecule has 2 N–H and O–H groups in total. The largest absolute Gasteiger partial charge is 0.478 e. The van der Waals surface area contributed by atoms with Crippen LogP contribution in [-0.4, -0.2) is 21.8 Å². The molecule has 4 unspecified atom stereocenters. The molecule has 1 spiro atoms. The molecule has 0 saturated heterocycles. The lowest BCUT2D eigenvalue weighted by molar-refractivity contribution is -0.133. The Morgan fingerprint density at radius 2 is 2.00 bits per heavy atom. The standard InChI is InChI=1S/C15H22O3/c1-9-4-5-11-10(12(16)17)6-14(18)7-13(2,3)8-15(9,11)14/h6,9,11,18H,4-5,7-8H2,1-3H3,(H,16,17). The zero-order valence-corrected chi connectivity index (χ0v) is 11.4. The minimum Gasteiger partial charge on any atom is -0.478 e. The SMILES string of the molecule is CC1CCC2C(C(=O)O)=CC3(O)CC(C)(C)CC123. The number of hydrogen-bond donors (Lipinski definition) is 2. The summed E-state index contributed by atoms with van der Waals surface area (Å²) in [6, 6.07) is 0. The smallest absolute Gasteiger partial charge is 0.331 e. The van der Waals surface area contributed by atoms with Crippen LogP contribution in [0.15, 0.2) is 11.6 Å². The minimum atomic E-state index is -0.898. The molecule has 2 saturated carbocycles. The summed E-state index contributed by atoms with van der Waals surface area (Å²) < 4.78 is 0. The second-order valence-electron chi connectivity index (χ2n) is 7.42. The van der Waals surface area contributed by atoms with Gasteiger partial charge in [-0.3, -0.25) is 0 Å². The van der Waals surface area contributed by atoms with Gasteiger partial charge in [0.05, 0.1) is 5.60 Å². The monoisotopic (exact) mass is 250 g/mol. The van der Waals surface area contributed by atoms with E-state index < -0.39 is 11.6 Å². The first-order chi connectivity index (χ1) is 8.22. The van der Waals surface area contributed by atoms with Crippen molar-refractivity contribution < 1.29 is 15.0 Å². The molecule has 0 bridgehead atoms. The predicted octanol–water partition coefficient (Wildman–Crippen LogP) is 2.59. The van der Waals surface area contributed by atoms with Gasteiger partial charge in [-0.15, -0.1) is 0 Å². The zero-order chi connectivity index (χ0) is 13.3. The number of hydrogen-bond acceptors (Lipinski definition) is 2. The van der Waals surface area contributed by atoms with Gasteiger partial charge in [-0.1, -0.05) is 20.8 Å². The van der Waals surface area contributed by atoms with Crippen LogP contribution in [0.4, 0.5) is 0 Å². The molecule has 3 heteroatoms. The highest BCUT2D eigenvalue weighted by atomic mass is 16.4. The average Bonchev–Trinajstić information content (AvgIpc) is 2.70. The molecule has 4 atom stereocenters. The number of carbonyl (C=O) groups is 1. The van der Waals surface area contributed by atoms with E-state index in [1.54, 1.807) is 6.08 Å². The van der Waals surface area contributed by atoms with E-state index in [9.17, 15) is 15.0 Å². The maximum atomic E-state index is 11.4. The Kier molecular flexibility index (Phi) is 2.16. The van der Waals surface area contributed by atoms with Crippen LogP contribution in [-0.2, 0) is 4.79 Å². The molecule has 0 aromatic rings. The van der Waals surface area contributed by atoms with E-state index in [-0.39, 0.29) is 16.7 Å². The van der Waals surface area contributed by atoms with E-state index in [4.69, 9.17) is 0 Å². The summed E-state index contributed by atoms with van der Waals surface area (Å²) in [5, 5.41) is 20.4. The average molecular weight is 250 g/mol. The van der Waals surface area contributed by atoms with E-state index >= 15 is 0 Å². The summed E-state index contributed by atoms with van der Waals surface area (Å²) in [6.07, 6.45) is 5.27. The highest BCUT2D eigenvalue weighted by Gasteiger charge is 2.70. The van der Waals surface area contributed by atoms with Crippen LogP contribution in [0.2, 0.25) is 0 Å². The van der Waals surface area contributed by atoms with Crippen LogP contribution in [0.3, 0.4) is 0 Å². The molecular formula is C15H22O3. The van der Waals surface area contributed by atoms with Crippen LogP contribution in [0.25, 0.3) is 0 Å². The Balaban J connectivity index is 2.15. The number of carboxylic acid groups (broad SMARTS) is 1. The van der Waals surface area contributed by atoms with Crippen molar-refractivity contribution in [2.24, 2.45) is 22.7 Å². The van der Waals surface area contributed by atoms with Crippen LogP contribution < -0.4 is 0 Å². The zero-order valence-electron chi connectivity index (χ0n) is 11.4. The molecule has 0 aromatic carbocycles. The second-order valence-corrected chi connectivity index (χ2v) is 7.42. The summed E-state index contributed by atoms with van der Waals surface area (Å²) in [7, 11) is 0.